The quantitative estimate of drug-likeness (QED) is 0.210. The van der Waals surface area contributed by atoms with Gasteiger partial charge in [0.2, 0.25) is 0 Å². The van der Waals surface area contributed by atoms with Crippen LogP contribution in [0.3, 0.4) is 0 Å². The van der Waals surface area contributed by atoms with Crippen LogP contribution in [0.2, 0.25) is 0 Å². The van der Waals surface area contributed by atoms with E-state index in [0.717, 1.165) is 26.1 Å². The number of anilines is 2. The van der Waals surface area contributed by atoms with Crippen molar-refractivity contribution in [2.75, 3.05) is 42.3 Å². The molecule has 0 N–H and O–H groups in total. The summed E-state index contributed by atoms with van der Waals surface area (Å²) in [7, 11) is -2.21. The van der Waals surface area contributed by atoms with Gasteiger partial charge in [0.05, 0.1) is 18.9 Å². The van der Waals surface area contributed by atoms with Crippen molar-refractivity contribution in [3.8, 4) is 0 Å². The molecule has 198 valence electrons. The highest BCUT2D eigenvalue weighted by Crippen LogP contribution is 2.49. The maximum absolute atomic E-state index is 11.8. The Morgan fingerprint density at radius 2 is 1.68 bits per heavy atom. The molecule has 0 fully saturated rings. The standard InChI is InChI=1S/C31H40N2O3S/c1-6-32(7-2)26-18-14-24(15-19-26)16-21-29-31(3,4)30-27-13-9-8-12-25(27)17-20-28(30)33(29)22-10-11-23-37(34,35)36-5/h8-9,12-21,29H,6-7,10-11,22-23H2,1-5H3. The molecular weight excluding hydrogens is 480 g/mol. The van der Waals surface area contributed by atoms with E-state index in [-0.39, 0.29) is 17.2 Å². The average molecular weight is 521 g/mol. The van der Waals surface area contributed by atoms with Gasteiger partial charge in [-0.25, -0.2) is 0 Å². The fourth-order valence-electron chi connectivity index (χ4n) is 5.70. The lowest BCUT2D eigenvalue weighted by molar-refractivity contribution is 0.396. The smallest absolute Gasteiger partial charge is 0.267 e. The lowest BCUT2D eigenvalue weighted by Crippen LogP contribution is -2.40. The molecule has 0 bridgehead atoms. The van der Waals surface area contributed by atoms with Gasteiger partial charge in [0, 0.05) is 36.4 Å². The average Bonchev–Trinajstić information content (AvgIpc) is 3.12. The summed E-state index contributed by atoms with van der Waals surface area (Å²) in [5, 5.41) is 2.54. The first-order valence-corrected chi connectivity index (χ1v) is 14.9. The summed E-state index contributed by atoms with van der Waals surface area (Å²) >= 11 is 0. The molecule has 3 aromatic carbocycles. The highest BCUT2D eigenvalue weighted by Gasteiger charge is 2.43. The first-order valence-electron chi connectivity index (χ1n) is 13.3. The van der Waals surface area contributed by atoms with Crippen LogP contribution in [0.5, 0.6) is 0 Å². The monoisotopic (exact) mass is 520 g/mol. The van der Waals surface area contributed by atoms with Crippen molar-refractivity contribution in [3.05, 3.63) is 77.9 Å². The Hall–Kier alpha value is -2.83. The van der Waals surface area contributed by atoms with Crippen LogP contribution in [0.15, 0.2) is 66.7 Å². The predicted octanol–water partition coefficient (Wildman–Crippen LogP) is 6.62. The molecular formula is C31H40N2O3S. The van der Waals surface area contributed by atoms with Crippen molar-refractivity contribution in [2.24, 2.45) is 0 Å². The summed E-state index contributed by atoms with van der Waals surface area (Å²) in [6.07, 6.45) is 5.90. The predicted molar refractivity (Wildman–Crippen MR) is 157 cm³/mol. The minimum atomic E-state index is -3.44. The van der Waals surface area contributed by atoms with Gasteiger partial charge in [-0.05, 0) is 66.8 Å². The van der Waals surface area contributed by atoms with Crippen LogP contribution < -0.4 is 9.80 Å². The molecule has 0 aliphatic carbocycles. The number of hydrogen-bond acceptors (Lipinski definition) is 5. The Labute approximate surface area is 222 Å². The van der Waals surface area contributed by atoms with Crippen LogP contribution in [0.25, 0.3) is 16.8 Å². The Kier molecular flexibility index (Phi) is 8.29. The zero-order valence-electron chi connectivity index (χ0n) is 22.8. The van der Waals surface area contributed by atoms with Gasteiger partial charge >= 0.3 is 0 Å². The summed E-state index contributed by atoms with van der Waals surface area (Å²) in [4.78, 5) is 4.81. The molecule has 0 spiro atoms. The fraction of sp³-hybridized carbons (Fsp3) is 0.419. The number of fused-ring (bicyclic) bond motifs is 3. The van der Waals surface area contributed by atoms with Gasteiger partial charge in [-0.3, -0.25) is 4.18 Å². The SMILES string of the molecule is CCN(CC)c1ccc(C=CC2N(CCCCS(=O)(=O)OC)c3ccc4ccccc4c3C2(C)C)cc1. The van der Waals surface area contributed by atoms with Gasteiger partial charge in [-0.2, -0.15) is 8.42 Å². The second-order valence-electron chi connectivity index (χ2n) is 10.3. The molecule has 3 aromatic rings. The third-order valence-corrected chi connectivity index (χ3v) is 9.02. The number of rotatable bonds is 11. The molecule has 0 radical (unpaired) electrons. The zero-order chi connectivity index (χ0) is 26.6. The molecule has 1 atom stereocenters. The van der Waals surface area contributed by atoms with Crippen molar-refractivity contribution in [1.82, 2.24) is 0 Å². The second-order valence-corrected chi connectivity index (χ2v) is 12.2. The van der Waals surface area contributed by atoms with Crippen molar-refractivity contribution in [1.29, 1.82) is 0 Å². The molecule has 0 saturated carbocycles. The van der Waals surface area contributed by atoms with Crippen LogP contribution in [-0.2, 0) is 19.7 Å². The van der Waals surface area contributed by atoms with Crippen LogP contribution in [0.4, 0.5) is 11.4 Å². The number of hydrogen-bond donors (Lipinski definition) is 0. The molecule has 6 heteroatoms. The Morgan fingerprint density at radius 3 is 2.35 bits per heavy atom. The van der Waals surface area contributed by atoms with E-state index in [1.165, 1.54) is 40.4 Å². The molecule has 1 unspecified atom stereocenters. The summed E-state index contributed by atoms with van der Waals surface area (Å²) < 4.78 is 28.3. The molecule has 0 saturated heterocycles. The zero-order valence-corrected chi connectivity index (χ0v) is 23.6. The number of nitrogens with zero attached hydrogens (tertiary/aromatic N) is 2. The second kappa shape index (κ2) is 11.3. The fourth-order valence-corrected chi connectivity index (χ4v) is 6.42. The molecule has 4 rings (SSSR count). The van der Waals surface area contributed by atoms with Crippen molar-refractivity contribution in [3.63, 3.8) is 0 Å². The Bertz CT molecular complexity index is 1340. The minimum absolute atomic E-state index is 0.0463. The maximum atomic E-state index is 11.8. The van der Waals surface area contributed by atoms with Crippen LogP contribution >= 0.6 is 0 Å². The molecule has 1 heterocycles. The van der Waals surface area contributed by atoms with Gasteiger partial charge < -0.3 is 9.80 Å². The van der Waals surface area contributed by atoms with E-state index in [9.17, 15) is 8.42 Å². The first-order chi connectivity index (χ1) is 17.7. The highest BCUT2D eigenvalue weighted by atomic mass is 32.2. The van der Waals surface area contributed by atoms with E-state index in [1.807, 2.05) is 0 Å². The van der Waals surface area contributed by atoms with E-state index in [0.29, 0.717) is 6.42 Å². The topological polar surface area (TPSA) is 49.9 Å². The van der Waals surface area contributed by atoms with Crippen LogP contribution in [-0.4, -0.2) is 47.0 Å². The molecule has 1 aliphatic rings. The van der Waals surface area contributed by atoms with Gasteiger partial charge in [-0.15, -0.1) is 0 Å². The summed E-state index contributed by atoms with van der Waals surface area (Å²) in [6.45, 7) is 11.8. The molecule has 0 aromatic heterocycles. The van der Waals surface area contributed by atoms with Crippen LogP contribution in [0, 0.1) is 0 Å². The van der Waals surface area contributed by atoms with Gasteiger partial charge in [0.25, 0.3) is 10.1 Å². The highest BCUT2D eigenvalue weighted by molar-refractivity contribution is 7.86. The Morgan fingerprint density at radius 1 is 0.973 bits per heavy atom. The van der Waals surface area contributed by atoms with Gasteiger partial charge in [-0.1, -0.05) is 68.5 Å². The largest absolute Gasteiger partial charge is 0.372 e. The van der Waals surface area contributed by atoms with Crippen molar-refractivity contribution in [2.45, 2.75) is 52.0 Å². The normalized spacial score (nSPS) is 17.0. The van der Waals surface area contributed by atoms with E-state index < -0.39 is 10.1 Å². The third kappa shape index (κ3) is 5.70. The molecule has 5 nitrogen and oxygen atoms in total. The first kappa shape index (κ1) is 27.2. The minimum Gasteiger partial charge on any atom is -0.372 e. The molecule has 1 aliphatic heterocycles. The lowest BCUT2D eigenvalue weighted by Gasteiger charge is -2.32. The van der Waals surface area contributed by atoms with Gasteiger partial charge in [0.1, 0.15) is 0 Å². The van der Waals surface area contributed by atoms with E-state index in [4.69, 9.17) is 0 Å². The Balaban J connectivity index is 1.64. The van der Waals surface area contributed by atoms with Gasteiger partial charge in [0.15, 0.2) is 0 Å². The van der Waals surface area contributed by atoms with E-state index in [1.54, 1.807) is 0 Å². The maximum Gasteiger partial charge on any atom is 0.267 e. The number of unbranched alkanes of at least 4 members (excludes halogenated alkanes) is 1. The summed E-state index contributed by atoms with van der Waals surface area (Å²) in [5.74, 6) is 0.0463. The molecule has 0 amide bonds. The summed E-state index contributed by atoms with van der Waals surface area (Å²) in [5.41, 5.74) is 4.91. The number of benzene rings is 3. The van der Waals surface area contributed by atoms with E-state index >= 15 is 0 Å². The lowest BCUT2D eigenvalue weighted by atomic mass is 9.78. The van der Waals surface area contributed by atoms with Crippen molar-refractivity contribution < 1.29 is 12.6 Å². The van der Waals surface area contributed by atoms with Crippen LogP contribution in [0.1, 0.15) is 51.7 Å². The van der Waals surface area contributed by atoms with Crippen molar-refractivity contribution >= 4 is 38.3 Å². The van der Waals surface area contributed by atoms with E-state index in [2.05, 4.69) is 114 Å². The summed E-state index contributed by atoms with van der Waals surface area (Å²) in [6, 6.07) is 21.9. The molecule has 37 heavy (non-hydrogen) atoms. The third-order valence-electron chi connectivity index (χ3n) is 7.73.